The summed E-state index contributed by atoms with van der Waals surface area (Å²) in [4.78, 5) is 12.3. The molecule has 1 aliphatic heterocycles. The van der Waals surface area contributed by atoms with E-state index >= 15 is 0 Å². The molecule has 23 heavy (non-hydrogen) atoms. The maximum absolute atomic E-state index is 12.3. The monoisotopic (exact) mass is 310 g/mol. The van der Waals surface area contributed by atoms with Crippen LogP contribution < -0.4 is 15.8 Å². The number of hydrogen-bond acceptors (Lipinski definition) is 3. The van der Waals surface area contributed by atoms with Crippen LogP contribution in [0.1, 0.15) is 22.3 Å². The third-order valence-electron chi connectivity index (χ3n) is 4.34. The van der Waals surface area contributed by atoms with Crippen LogP contribution in [0.2, 0.25) is 0 Å². The number of benzene rings is 2. The molecule has 1 heterocycles. The van der Waals surface area contributed by atoms with E-state index < -0.39 is 6.10 Å². The second kappa shape index (κ2) is 6.32. The van der Waals surface area contributed by atoms with E-state index in [2.05, 4.69) is 25.2 Å². The highest BCUT2D eigenvalue weighted by atomic mass is 16.5. The minimum atomic E-state index is -0.419. The third-order valence-corrected chi connectivity index (χ3v) is 4.34. The fourth-order valence-electron chi connectivity index (χ4n) is 2.79. The number of nitrogens with one attached hydrogen (secondary N) is 1. The molecule has 0 spiro atoms. The van der Waals surface area contributed by atoms with Crippen LogP contribution >= 0.6 is 0 Å². The first kappa shape index (κ1) is 15.4. The van der Waals surface area contributed by atoms with Crippen molar-refractivity contribution in [1.29, 1.82) is 0 Å². The number of amides is 1. The zero-order valence-corrected chi connectivity index (χ0v) is 13.6. The Morgan fingerprint density at radius 1 is 1.22 bits per heavy atom. The number of hydrogen-bond donors (Lipinski definition) is 2. The standard InChI is InChI=1S/C19H22N2O2/c1-12-9-15-11-18(23-17(15)10-13(12)2)19(22)21-8-7-14-3-5-16(20)6-4-14/h3-6,9-10,18H,7-8,11,20H2,1-2H3,(H,21,22). The number of fused-ring (bicyclic) bond motifs is 1. The topological polar surface area (TPSA) is 64.3 Å². The normalized spacial score (nSPS) is 15.8. The Morgan fingerprint density at radius 3 is 2.65 bits per heavy atom. The predicted octanol–water partition coefficient (Wildman–Crippen LogP) is 2.55. The molecule has 3 N–H and O–H groups in total. The zero-order chi connectivity index (χ0) is 16.4. The summed E-state index contributed by atoms with van der Waals surface area (Å²) in [5.74, 6) is 0.790. The highest BCUT2D eigenvalue weighted by Crippen LogP contribution is 2.31. The lowest BCUT2D eigenvalue weighted by atomic mass is 10.0. The predicted molar refractivity (Wildman–Crippen MR) is 91.6 cm³/mol. The van der Waals surface area contributed by atoms with Crippen molar-refractivity contribution in [3.05, 3.63) is 58.7 Å². The smallest absolute Gasteiger partial charge is 0.261 e. The van der Waals surface area contributed by atoms with Crippen molar-refractivity contribution in [2.75, 3.05) is 12.3 Å². The Balaban J connectivity index is 1.53. The maximum Gasteiger partial charge on any atom is 0.261 e. The van der Waals surface area contributed by atoms with Gasteiger partial charge in [0.1, 0.15) is 5.75 Å². The van der Waals surface area contributed by atoms with Crippen molar-refractivity contribution < 1.29 is 9.53 Å². The van der Waals surface area contributed by atoms with Gasteiger partial charge in [-0.25, -0.2) is 0 Å². The maximum atomic E-state index is 12.3. The van der Waals surface area contributed by atoms with E-state index in [1.807, 2.05) is 30.3 Å². The van der Waals surface area contributed by atoms with Gasteiger partial charge < -0.3 is 15.8 Å². The van der Waals surface area contributed by atoms with Gasteiger partial charge in [0.2, 0.25) is 0 Å². The molecule has 2 aromatic carbocycles. The van der Waals surface area contributed by atoms with E-state index in [1.165, 1.54) is 11.1 Å². The van der Waals surface area contributed by atoms with Gasteiger partial charge >= 0.3 is 0 Å². The number of rotatable bonds is 4. The van der Waals surface area contributed by atoms with E-state index in [4.69, 9.17) is 10.5 Å². The van der Waals surface area contributed by atoms with Gasteiger partial charge in [-0.2, -0.15) is 0 Å². The van der Waals surface area contributed by atoms with Crippen LogP contribution in [0, 0.1) is 13.8 Å². The highest BCUT2D eigenvalue weighted by molar-refractivity contribution is 5.82. The fraction of sp³-hybridized carbons (Fsp3) is 0.316. The van der Waals surface area contributed by atoms with Gasteiger partial charge in [0.15, 0.2) is 6.10 Å². The second-order valence-corrected chi connectivity index (χ2v) is 6.14. The van der Waals surface area contributed by atoms with Crippen molar-refractivity contribution in [2.45, 2.75) is 32.8 Å². The summed E-state index contributed by atoms with van der Waals surface area (Å²) in [6, 6.07) is 11.8. The Labute approximate surface area is 136 Å². The SMILES string of the molecule is Cc1cc2c(cc1C)OC(C(=O)NCCc1ccc(N)cc1)C2. The number of ether oxygens (including phenoxy) is 1. The van der Waals surface area contributed by atoms with Crippen LogP contribution in [-0.4, -0.2) is 18.6 Å². The molecular weight excluding hydrogens is 288 g/mol. The Hall–Kier alpha value is -2.49. The summed E-state index contributed by atoms with van der Waals surface area (Å²) >= 11 is 0. The van der Waals surface area contributed by atoms with Crippen LogP contribution in [0.4, 0.5) is 5.69 Å². The van der Waals surface area contributed by atoms with E-state index in [1.54, 1.807) is 0 Å². The minimum absolute atomic E-state index is 0.0491. The molecule has 4 heteroatoms. The van der Waals surface area contributed by atoms with Crippen molar-refractivity contribution in [1.82, 2.24) is 5.32 Å². The molecule has 4 nitrogen and oxygen atoms in total. The van der Waals surface area contributed by atoms with Crippen molar-refractivity contribution >= 4 is 11.6 Å². The number of nitrogen functional groups attached to an aromatic ring is 1. The number of carbonyl (C=O) groups excluding carboxylic acids is 1. The minimum Gasteiger partial charge on any atom is -0.480 e. The molecule has 0 aromatic heterocycles. The molecule has 0 aliphatic carbocycles. The molecule has 2 aromatic rings. The lowest BCUT2D eigenvalue weighted by molar-refractivity contribution is -0.127. The lowest BCUT2D eigenvalue weighted by Gasteiger charge is -2.11. The molecule has 0 bridgehead atoms. The number of anilines is 1. The molecule has 1 aliphatic rings. The van der Waals surface area contributed by atoms with E-state index in [-0.39, 0.29) is 5.91 Å². The Morgan fingerprint density at radius 2 is 1.91 bits per heavy atom. The number of nitrogens with two attached hydrogens (primary N) is 1. The van der Waals surface area contributed by atoms with Gasteiger partial charge in [-0.05, 0) is 60.7 Å². The molecule has 0 fully saturated rings. The molecule has 0 saturated carbocycles. The molecular formula is C19H22N2O2. The third kappa shape index (κ3) is 3.47. The fourth-order valence-corrected chi connectivity index (χ4v) is 2.79. The molecule has 3 rings (SSSR count). The quantitative estimate of drug-likeness (QED) is 0.853. The summed E-state index contributed by atoms with van der Waals surface area (Å²) in [5, 5.41) is 2.96. The van der Waals surface area contributed by atoms with Gasteiger partial charge in [0.05, 0.1) is 0 Å². The highest BCUT2D eigenvalue weighted by Gasteiger charge is 2.29. The molecule has 0 radical (unpaired) electrons. The second-order valence-electron chi connectivity index (χ2n) is 6.14. The molecule has 1 atom stereocenters. The van der Waals surface area contributed by atoms with E-state index in [0.717, 1.165) is 29.0 Å². The summed E-state index contributed by atoms with van der Waals surface area (Å²) in [5.41, 5.74) is 11.1. The van der Waals surface area contributed by atoms with Crippen LogP contribution in [0.5, 0.6) is 5.75 Å². The van der Waals surface area contributed by atoms with Gasteiger partial charge in [-0.3, -0.25) is 4.79 Å². The first-order valence-electron chi connectivity index (χ1n) is 7.92. The largest absolute Gasteiger partial charge is 0.480 e. The molecule has 0 saturated heterocycles. The summed E-state index contributed by atoms with van der Waals surface area (Å²) < 4.78 is 5.79. The van der Waals surface area contributed by atoms with Crippen LogP contribution in [0.3, 0.4) is 0 Å². The summed E-state index contributed by atoms with van der Waals surface area (Å²) in [6.07, 6.45) is 1.01. The van der Waals surface area contributed by atoms with Gasteiger partial charge in [-0.1, -0.05) is 18.2 Å². The first-order valence-corrected chi connectivity index (χ1v) is 7.92. The van der Waals surface area contributed by atoms with Crippen molar-refractivity contribution in [3.63, 3.8) is 0 Å². The average molecular weight is 310 g/mol. The van der Waals surface area contributed by atoms with Crippen LogP contribution in [0.25, 0.3) is 0 Å². The van der Waals surface area contributed by atoms with E-state index in [0.29, 0.717) is 13.0 Å². The van der Waals surface area contributed by atoms with E-state index in [9.17, 15) is 4.79 Å². The summed E-state index contributed by atoms with van der Waals surface area (Å²) in [6.45, 7) is 4.73. The van der Waals surface area contributed by atoms with Crippen molar-refractivity contribution in [3.8, 4) is 5.75 Å². The number of aryl methyl sites for hydroxylation is 2. The Bertz CT molecular complexity index is 692. The van der Waals surface area contributed by atoms with Gasteiger partial charge in [-0.15, -0.1) is 0 Å². The van der Waals surface area contributed by atoms with Gasteiger partial charge in [0.25, 0.3) is 5.91 Å². The average Bonchev–Trinajstić information content (AvgIpc) is 2.92. The lowest BCUT2D eigenvalue weighted by Crippen LogP contribution is -2.38. The van der Waals surface area contributed by atoms with Crippen LogP contribution in [0.15, 0.2) is 36.4 Å². The van der Waals surface area contributed by atoms with Gasteiger partial charge in [0, 0.05) is 18.7 Å². The van der Waals surface area contributed by atoms with Crippen LogP contribution in [-0.2, 0) is 17.6 Å². The first-order chi connectivity index (χ1) is 11.0. The molecule has 120 valence electrons. The molecule has 1 amide bonds. The van der Waals surface area contributed by atoms with Crippen molar-refractivity contribution in [2.24, 2.45) is 0 Å². The summed E-state index contributed by atoms with van der Waals surface area (Å²) in [7, 11) is 0. The number of carbonyl (C=O) groups is 1. The zero-order valence-electron chi connectivity index (χ0n) is 13.6. The Kier molecular flexibility index (Phi) is 4.24. The molecule has 1 unspecified atom stereocenters.